The van der Waals surface area contributed by atoms with E-state index in [0.717, 1.165) is 28.7 Å². The van der Waals surface area contributed by atoms with Crippen LogP contribution in [0.3, 0.4) is 0 Å². The molecule has 0 amide bonds. The van der Waals surface area contributed by atoms with Crippen LogP contribution in [0.4, 0.5) is 0 Å². The van der Waals surface area contributed by atoms with Gasteiger partial charge in [-0.1, -0.05) is 36.7 Å². The molecule has 1 fully saturated rings. The van der Waals surface area contributed by atoms with Crippen LogP contribution in [-0.2, 0) is 9.53 Å². The third kappa shape index (κ3) is 3.54. The van der Waals surface area contributed by atoms with Gasteiger partial charge >= 0.3 is 0 Å². The SMILES string of the molecule is CC/C=c1/cccc(Cl)/c1=C(/C)C1CC(O)C(C=O)CO1. The van der Waals surface area contributed by atoms with Gasteiger partial charge in [0.25, 0.3) is 0 Å². The number of carbonyl (C=O) groups is 1. The molecule has 0 aromatic heterocycles. The van der Waals surface area contributed by atoms with Gasteiger partial charge in [0.05, 0.1) is 24.7 Å². The van der Waals surface area contributed by atoms with Crippen molar-refractivity contribution in [1.82, 2.24) is 0 Å². The van der Waals surface area contributed by atoms with Crippen molar-refractivity contribution in [2.75, 3.05) is 6.61 Å². The van der Waals surface area contributed by atoms with Crippen LogP contribution in [0.15, 0.2) is 18.2 Å². The van der Waals surface area contributed by atoms with Crippen LogP contribution in [0.25, 0.3) is 11.6 Å². The summed E-state index contributed by atoms with van der Waals surface area (Å²) in [5.41, 5.74) is 1.00. The van der Waals surface area contributed by atoms with E-state index < -0.39 is 12.0 Å². The first-order chi connectivity index (χ1) is 10.1. The highest BCUT2D eigenvalue weighted by Crippen LogP contribution is 2.23. The summed E-state index contributed by atoms with van der Waals surface area (Å²) in [6.45, 7) is 4.31. The minimum Gasteiger partial charge on any atom is -0.392 e. The fourth-order valence-corrected chi connectivity index (χ4v) is 3.07. The molecule has 1 aliphatic heterocycles. The van der Waals surface area contributed by atoms with Crippen LogP contribution < -0.4 is 10.4 Å². The first kappa shape index (κ1) is 16.2. The molecule has 3 atom stereocenters. The van der Waals surface area contributed by atoms with Gasteiger partial charge < -0.3 is 14.6 Å². The molecule has 4 heteroatoms. The van der Waals surface area contributed by atoms with Gasteiger partial charge in [0.2, 0.25) is 0 Å². The van der Waals surface area contributed by atoms with Crippen LogP contribution >= 0.6 is 11.6 Å². The van der Waals surface area contributed by atoms with E-state index in [1.54, 1.807) is 0 Å². The minimum absolute atomic E-state index is 0.208. The quantitative estimate of drug-likeness (QED) is 0.864. The van der Waals surface area contributed by atoms with E-state index in [-0.39, 0.29) is 12.7 Å². The molecule has 21 heavy (non-hydrogen) atoms. The van der Waals surface area contributed by atoms with Crippen LogP contribution in [0.5, 0.6) is 0 Å². The molecule has 1 aliphatic rings. The molecule has 1 aromatic rings. The number of aldehydes is 1. The Hall–Kier alpha value is -1.16. The smallest absolute Gasteiger partial charge is 0.127 e. The number of hydrogen-bond donors (Lipinski definition) is 1. The van der Waals surface area contributed by atoms with Crippen LogP contribution in [0.1, 0.15) is 26.7 Å². The van der Waals surface area contributed by atoms with Crippen LogP contribution in [-0.4, -0.2) is 30.2 Å². The van der Waals surface area contributed by atoms with Gasteiger partial charge in [0.15, 0.2) is 0 Å². The Kier molecular flexibility index (Phi) is 5.57. The number of hydrogen-bond acceptors (Lipinski definition) is 3. The Bertz CT molecular complexity index is 623. The summed E-state index contributed by atoms with van der Waals surface area (Å²) in [5, 5.41) is 12.8. The molecule has 3 nitrogen and oxygen atoms in total. The van der Waals surface area contributed by atoms with Crippen molar-refractivity contribution >= 4 is 29.5 Å². The number of aliphatic hydroxyl groups excluding tert-OH is 1. The Morgan fingerprint density at radius 2 is 2.29 bits per heavy atom. The number of aliphatic hydroxyl groups is 1. The summed E-state index contributed by atoms with van der Waals surface area (Å²) in [4.78, 5) is 10.8. The monoisotopic (exact) mass is 308 g/mol. The van der Waals surface area contributed by atoms with E-state index in [9.17, 15) is 9.90 Å². The second-order valence-electron chi connectivity index (χ2n) is 5.42. The van der Waals surface area contributed by atoms with Crippen LogP contribution in [0.2, 0.25) is 5.02 Å². The molecule has 3 unspecified atom stereocenters. The number of rotatable bonds is 3. The summed E-state index contributed by atoms with van der Waals surface area (Å²) in [6.07, 6.45) is 3.37. The standard InChI is InChI=1S/C17H21ClO3/c1-3-5-12-6-4-7-14(18)17(12)11(2)16-8-15(20)13(9-19)10-21-16/h4-7,9,13,15-16,20H,3,8,10H2,1-2H3/b12-5-,17-11-. The van der Waals surface area contributed by atoms with Gasteiger partial charge in [-0.05, 0) is 30.2 Å². The Labute approximate surface area is 129 Å². The summed E-state index contributed by atoms with van der Waals surface area (Å²) in [5.74, 6) is -0.429. The molecule has 0 bridgehead atoms. The lowest BCUT2D eigenvalue weighted by Crippen LogP contribution is -2.41. The minimum atomic E-state index is -0.655. The maximum atomic E-state index is 10.8. The van der Waals surface area contributed by atoms with Gasteiger partial charge in [0, 0.05) is 16.7 Å². The topological polar surface area (TPSA) is 46.5 Å². The molecular formula is C17H21ClO3. The lowest BCUT2D eigenvalue weighted by Gasteiger charge is -2.31. The van der Waals surface area contributed by atoms with Crippen molar-refractivity contribution in [3.63, 3.8) is 0 Å². The van der Waals surface area contributed by atoms with Gasteiger partial charge in [-0.25, -0.2) is 0 Å². The summed E-state index contributed by atoms with van der Waals surface area (Å²) < 4.78 is 5.76. The second-order valence-corrected chi connectivity index (χ2v) is 5.83. The summed E-state index contributed by atoms with van der Waals surface area (Å²) in [7, 11) is 0. The molecule has 0 spiro atoms. The normalized spacial score (nSPS) is 28.4. The molecular weight excluding hydrogens is 288 g/mol. The average Bonchev–Trinajstić information content (AvgIpc) is 2.47. The van der Waals surface area contributed by atoms with Crippen molar-refractivity contribution in [3.8, 4) is 0 Å². The maximum absolute atomic E-state index is 10.8. The van der Waals surface area contributed by atoms with Crippen molar-refractivity contribution < 1.29 is 14.6 Å². The Morgan fingerprint density at radius 3 is 2.90 bits per heavy atom. The first-order valence-electron chi connectivity index (χ1n) is 7.29. The highest BCUT2D eigenvalue weighted by atomic mass is 35.5. The first-order valence-corrected chi connectivity index (χ1v) is 7.66. The zero-order valence-electron chi connectivity index (χ0n) is 12.4. The molecule has 2 rings (SSSR count). The van der Waals surface area contributed by atoms with Crippen molar-refractivity contribution in [2.45, 2.75) is 38.9 Å². The largest absolute Gasteiger partial charge is 0.392 e. The Balaban J connectivity index is 2.46. The van der Waals surface area contributed by atoms with E-state index in [1.807, 2.05) is 25.1 Å². The van der Waals surface area contributed by atoms with Gasteiger partial charge in [-0.3, -0.25) is 0 Å². The predicted octanol–water partition coefficient (Wildman–Crippen LogP) is 1.67. The second kappa shape index (κ2) is 7.21. The molecule has 1 aromatic carbocycles. The van der Waals surface area contributed by atoms with Crippen LogP contribution in [0, 0.1) is 5.92 Å². The van der Waals surface area contributed by atoms with Crippen molar-refractivity contribution in [1.29, 1.82) is 0 Å². The van der Waals surface area contributed by atoms with Crippen molar-refractivity contribution in [3.05, 3.63) is 33.7 Å². The third-order valence-corrected chi connectivity index (χ3v) is 4.28. The molecule has 0 saturated carbocycles. The fourth-order valence-electron chi connectivity index (χ4n) is 2.74. The molecule has 1 N–H and O–H groups in total. The average molecular weight is 309 g/mol. The third-order valence-electron chi connectivity index (χ3n) is 3.96. The van der Waals surface area contributed by atoms with E-state index in [0.29, 0.717) is 11.4 Å². The molecule has 1 heterocycles. The van der Waals surface area contributed by atoms with Gasteiger partial charge in [-0.15, -0.1) is 0 Å². The molecule has 0 radical (unpaired) electrons. The maximum Gasteiger partial charge on any atom is 0.127 e. The van der Waals surface area contributed by atoms with Crippen molar-refractivity contribution in [2.24, 2.45) is 5.92 Å². The number of benzene rings is 1. The zero-order chi connectivity index (χ0) is 15.4. The van der Waals surface area contributed by atoms with E-state index in [4.69, 9.17) is 16.3 Å². The molecule has 1 saturated heterocycles. The number of halogens is 1. The van der Waals surface area contributed by atoms with E-state index in [1.165, 1.54) is 0 Å². The number of ether oxygens (including phenoxy) is 1. The highest BCUT2D eigenvalue weighted by molar-refractivity contribution is 6.30. The highest BCUT2D eigenvalue weighted by Gasteiger charge is 2.30. The van der Waals surface area contributed by atoms with Gasteiger partial charge in [-0.2, -0.15) is 0 Å². The lowest BCUT2D eigenvalue weighted by atomic mass is 9.92. The molecule has 0 aliphatic carbocycles. The predicted molar refractivity (Wildman–Crippen MR) is 84.5 cm³/mol. The van der Waals surface area contributed by atoms with E-state index >= 15 is 0 Å². The zero-order valence-corrected chi connectivity index (χ0v) is 13.1. The van der Waals surface area contributed by atoms with E-state index in [2.05, 4.69) is 13.0 Å². The fraction of sp³-hybridized carbons (Fsp3) is 0.471. The summed E-state index contributed by atoms with van der Waals surface area (Å²) in [6, 6.07) is 5.82. The Morgan fingerprint density at radius 1 is 1.52 bits per heavy atom. The summed E-state index contributed by atoms with van der Waals surface area (Å²) >= 11 is 6.36. The molecule has 114 valence electrons. The lowest BCUT2D eigenvalue weighted by molar-refractivity contribution is -0.124. The number of carbonyl (C=O) groups excluding carboxylic acids is 1. The van der Waals surface area contributed by atoms with Gasteiger partial charge in [0.1, 0.15) is 6.29 Å².